The third-order valence-electron chi connectivity index (χ3n) is 2.10. The van der Waals surface area contributed by atoms with Gasteiger partial charge in [-0.2, -0.15) is 0 Å². The summed E-state index contributed by atoms with van der Waals surface area (Å²) in [5.41, 5.74) is 0. The van der Waals surface area contributed by atoms with Crippen LogP contribution in [-0.2, 0) is 10.1 Å². The van der Waals surface area contributed by atoms with Gasteiger partial charge in [-0.05, 0) is 23.6 Å². The molecular weight excluding hydrogens is 255 g/mol. The fourth-order valence-corrected chi connectivity index (χ4v) is 2.14. The van der Waals surface area contributed by atoms with Gasteiger partial charge in [0.05, 0.1) is 4.90 Å². The molecule has 0 bridgehead atoms. The second kappa shape index (κ2) is 5.13. The topological polar surface area (TPSA) is 77.4 Å². The predicted molar refractivity (Wildman–Crippen MR) is 53.6 cm³/mol. The van der Waals surface area contributed by atoms with Crippen molar-refractivity contribution in [3.05, 3.63) is 36.4 Å². The maximum absolute atomic E-state index is 10.9. The van der Waals surface area contributed by atoms with E-state index in [9.17, 15) is 18.1 Å². The van der Waals surface area contributed by atoms with E-state index in [-0.39, 0.29) is 67.4 Å². The molecule has 0 fully saturated rings. The van der Waals surface area contributed by atoms with Crippen molar-refractivity contribution in [1.29, 1.82) is 0 Å². The van der Waals surface area contributed by atoms with Gasteiger partial charge >= 0.3 is 51.4 Å². The summed E-state index contributed by atoms with van der Waals surface area (Å²) < 4.78 is 32.8. The second-order valence-corrected chi connectivity index (χ2v) is 4.46. The molecule has 0 saturated heterocycles. The van der Waals surface area contributed by atoms with Crippen molar-refractivity contribution in [3.63, 3.8) is 0 Å². The Balaban J connectivity index is 0.00000128. The van der Waals surface area contributed by atoms with Crippen LogP contribution in [0.15, 0.2) is 41.3 Å². The first-order chi connectivity index (χ1) is 6.98. The molecule has 0 aromatic heterocycles. The van der Waals surface area contributed by atoms with Crippen molar-refractivity contribution in [2.75, 3.05) is 0 Å². The molecule has 0 unspecified atom stereocenters. The Labute approximate surface area is 135 Å². The number of hydrogen-bond donors (Lipinski definition) is 1. The Hall–Kier alpha value is 0.0464. The summed E-state index contributed by atoms with van der Waals surface area (Å²) in [6.07, 6.45) is 0. The molecule has 6 heteroatoms. The number of aromatic hydroxyl groups is 1. The van der Waals surface area contributed by atoms with Crippen LogP contribution < -0.4 is 51.4 Å². The minimum Gasteiger partial charge on any atom is -0.744 e. The molecule has 0 heterocycles. The molecule has 0 aliphatic rings. The van der Waals surface area contributed by atoms with Crippen LogP contribution in [0, 0.1) is 0 Å². The van der Waals surface area contributed by atoms with Crippen LogP contribution in [0.2, 0.25) is 0 Å². The fraction of sp³-hybridized carbons (Fsp3) is 0. The van der Waals surface area contributed by atoms with Crippen LogP contribution in [0.25, 0.3) is 10.8 Å². The van der Waals surface area contributed by atoms with E-state index in [1.807, 2.05) is 0 Å². The first kappa shape index (κ1) is 14.1. The van der Waals surface area contributed by atoms with E-state index < -0.39 is 10.1 Å². The Bertz CT molecular complexity index is 622. The second-order valence-electron chi connectivity index (χ2n) is 3.12. The summed E-state index contributed by atoms with van der Waals surface area (Å²) in [6, 6.07) is 8.64. The Morgan fingerprint density at radius 1 is 1.12 bits per heavy atom. The Morgan fingerprint density at radius 3 is 2.44 bits per heavy atom. The molecule has 2 aromatic carbocycles. The molecule has 0 radical (unpaired) electrons. The summed E-state index contributed by atoms with van der Waals surface area (Å²) in [6.45, 7) is 0. The molecule has 16 heavy (non-hydrogen) atoms. The van der Waals surface area contributed by atoms with Crippen molar-refractivity contribution >= 4 is 20.9 Å². The number of hydrogen-bond acceptors (Lipinski definition) is 4. The molecule has 0 atom stereocenters. The maximum Gasteiger partial charge on any atom is 1.00 e. The number of phenols is 1. The van der Waals surface area contributed by atoms with E-state index in [4.69, 9.17) is 0 Å². The van der Waals surface area contributed by atoms with Crippen LogP contribution >= 0.6 is 0 Å². The van der Waals surface area contributed by atoms with Crippen molar-refractivity contribution in [1.82, 2.24) is 0 Å². The molecule has 0 amide bonds. The normalized spacial score (nSPS) is 11.1. The molecular formula is C10H7KO4S. The van der Waals surface area contributed by atoms with Crippen molar-refractivity contribution < 1.29 is 69.5 Å². The van der Waals surface area contributed by atoms with E-state index in [1.54, 1.807) is 12.1 Å². The van der Waals surface area contributed by atoms with Gasteiger partial charge in [0.15, 0.2) is 0 Å². The smallest absolute Gasteiger partial charge is 0.744 e. The predicted octanol–water partition coefficient (Wildman–Crippen LogP) is -1.55. The number of phenolic OH excluding ortho intramolecular Hbond substituents is 1. The third-order valence-corrected chi connectivity index (χ3v) is 2.99. The summed E-state index contributed by atoms with van der Waals surface area (Å²) in [5, 5.41) is 10.1. The van der Waals surface area contributed by atoms with Gasteiger partial charge in [-0.15, -0.1) is 0 Å². The van der Waals surface area contributed by atoms with Gasteiger partial charge < -0.3 is 9.66 Å². The molecule has 2 rings (SSSR count). The van der Waals surface area contributed by atoms with Crippen LogP contribution in [0.4, 0.5) is 0 Å². The van der Waals surface area contributed by atoms with Gasteiger partial charge in [-0.1, -0.05) is 18.2 Å². The zero-order chi connectivity index (χ0) is 11.1. The van der Waals surface area contributed by atoms with Gasteiger partial charge in [0.1, 0.15) is 15.9 Å². The molecule has 0 aliphatic carbocycles. The first-order valence-corrected chi connectivity index (χ1v) is 5.57. The molecule has 78 valence electrons. The van der Waals surface area contributed by atoms with Crippen LogP contribution in [0.5, 0.6) is 5.75 Å². The minimum atomic E-state index is -4.51. The zero-order valence-electron chi connectivity index (χ0n) is 8.54. The summed E-state index contributed by atoms with van der Waals surface area (Å²) in [5.74, 6) is -0.0707. The minimum absolute atomic E-state index is 0. The maximum atomic E-state index is 10.9. The summed E-state index contributed by atoms with van der Waals surface area (Å²) in [4.78, 5) is -0.309. The van der Waals surface area contributed by atoms with Gasteiger partial charge in [-0.25, -0.2) is 8.42 Å². The molecule has 1 N–H and O–H groups in total. The van der Waals surface area contributed by atoms with Crippen molar-refractivity contribution in [2.24, 2.45) is 0 Å². The summed E-state index contributed by atoms with van der Waals surface area (Å²) >= 11 is 0. The SMILES string of the molecule is O=S(=O)([O-])c1cccc2ccc(O)cc12.[K+]. The number of rotatable bonds is 1. The standard InChI is InChI=1S/C10H8O4S.K/c11-8-5-4-7-2-1-3-10(9(7)6-8)15(12,13)14;/h1-6,11H,(H,12,13,14);/q;+1/p-1. The molecule has 0 spiro atoms. The van der Waals surface area contributed by atoms with Crippen molar-refractivity contribution in [2.45, 2.75) is 4.90 Å². The van der Waals surface area contributed by atoms with E-state index in [2.05, 4.69) is 0 Å². The number of benzene rings is 2. The monoisotopic (exact) mass is 262 g/mol. The third kappa shape index (κ3) is 2.83. The number of fused-ring (bicyclic) bond motifs is 1. The van der Waals surface area contributed by atoms with Crippen LogP contribution in [-0.4, -0.2) is 18.1 Å². The van der Waals surface area contributed by atoms with E-state index in [1.165, 1.54) is 24.3 Å². The van der Waals surface area contributed by atoms with Crippen molar-refractivity contribution in [3.8, 4) is 5.75 Å². The quantitative estimate of drug-likeness (QED) is 0.499. The molecule has 0 saturated carbocycles. The van der Waals surface area contributed by atoms with Crippen LogP contribution in [0.1, 0.15) is 0 Å². The molecule has 0 aliphatic heterocycles. The van der Waals surface area contributed by atoms with E-state index in [0.717, 1.165) is 0 Å². The summed E-state index contributed by atoms with van der Waals surface area (Å²) in [7, 11) is -4.51. The Kier molecular flexibility index (Phi) is 4.53. The average molecular weight is 262 g/mol. The Morgan fingerprint density at radius 2 is 1.81 bits per heavy atom. The van der Waals surface area contributed by atoms with Gasteiger partial charge in [0, 0.05) is 5.39 Å². The van der Waals surface area contributed by atoms with Gasteiger partial charge in [-0.3, -0.25) is 0 Å². The first-order valence-electron chi connectivity index (χ1n) is 4.16. The van der Waals surface area contributed by atoms with E-state index >= 15 is 0 Å². The van der Waals surface area contributed by atoms with E-state index in [0.29, 0.717) is 5.39 Å². The molecule has 4 nitrogen and oxygen atoms in total. The zero-order valence-corrected chi connectivity index (χ0v) is 12.5. The molecule has 2 aromatic rings. The fourth-order valence-electron chi connectivity index (χ4n) is 1.45. The van der Waals surface area contributed by atoms with Gasteiger partial charge in [0.2, 0.25) is 0 Å². The average Bonchev–Trinajstić information content (AvgIpc) is 2.15. The van der Waals surface area contributed by atoms with Crippen LogP contribution in [0.3, 0.4) is 0 Å². The van der Waals surface area contributed by atoms with Gasteiger partial charge in [0.25, 0.3) is 0 Å². The largest absolute Gasteiger partial charge is 1.00 e.